The zero-order chi connectivity index (χ0) is 17.9. The maximum Gasteiger partial charge on any atom is 0.227 e. The Bertz CT molecular complexity index is 714. The van der Waals surface area contributed by atoms with Crippen molar-refractivity contribution in [2.45, 2.75) is 32.7 Å². The molecule has 0 spiro atoms. The highest BCUT2D eigenvalue weighted by molar-refractivity contribution is 7.91. The van der Waals surface area contributed by atoms with Gasteiger partial charge in [0.05, 0.1) is 32.1 Å². The number of methoxy groups -OCH3 is 2. The lowest BCUT2D eigenvalue weighted by Crippen LogP contribution is -2.41. The number of hydrogen-bond acceptors (Lipinski definition) is 5. The molecule has 1 heterocycles. The first-order valence-corrected chi connectivity index (χ1v) is 9.84. The molecule has 1 fully saturated rings. The average molecular weight is 355 g/mol. The molecule has 7 heteroatoms. The Hall–Kier alpha value is -1.76. The van der Waals surface area contributed by atoms with E-state index in [-0.39, 0.29) is 29.9 Å². The van der Waals surface area contributed by atoms with Crippen molar-refractivity contribution in [1.82, 2.24) is 4.90 Å². The van der Waals surface area contributed by atoms with E-state index in [1.165, 1.54) is 0 Å². The predicted octanol–water partition coefficient (Wildman–Crippen LogP) is 1.59. The Morgan fingerprint density at radius 2 is 1.88 bits per heavy atom. The van der Waals surface area contributed by atoms with Gasteiger partial charge < -0.3 is 14.4 Å². The van der Waals surface area contributed by atoms with Crippen LogP contribution in [0, 0.1) is 6.92 Å². The molecule has 0 N–H and O–H groups in total. The molecule has 1 aliphatic heterocycles. The summed E-state index contributed by atoms with van der Waals surface area (Å²) in [5.74, 6) is 1.38. The minimum absolute atomic E-state index is 0.0603. The van der Waals surface area contributed by atoms with Gasteiger partial charge in [-0.25, -0.2) is 8.42 Å². The van der Waals surface area contributed by atoms with Gasteiger partial charge >= 0.3 is 0 Å². The maximum absolute atomic E-state index is 12.7. The van der Waals surface area contributed by atoms with Gasteiger partial charge in [-0.05, 0) is 43.5 Å². The molecular formula is C17H25NO5S. The van der Waals surface area contributed by atoms with Crippen LogP contribution in [0.1, 0.15) is 24.5 Å². The molecule has 0 aromatic heterocycles. The lowest BCUT2D eigenvalue weighted by molar-refractivity contribution is -0.132. The predicted molar refractivity (Wildman–Crippen MR) is 92.4 cm³/mol. The summed E-state index contributed by atoms with van der Waals surface area (Å²) in [6, 6.07) is 3.44. The van der Waals surface area contributed by atoms with Gasteiger partial charge in [-0.2, -0.15) is 0 Å². The molecule has 1 aliphatic rings. The fourth-order valence-electron chi connectivity index (χ4n) is 3.14. The van der Waals surface area contributed by atoms with E-state index in [0.717, 1.165) is 11.1 Å². The summed E-state index contributed by atoms with van der Waals surface area (Å²) in [4.78, 5) is 14.4. The standard InChI is InChI=1S/C17H25NO5S/c1-5-18(14-6-7-24(20,21)11-14)17(19)10-13-9-16(23-4)15(22-3)8-12(13)2/h8-9,14H,5-7,10-11H2,1-4H3. The van der Waals surface area contributed by atoms with Crippen LogP contribution >= 0.6 is 0 Å². The van der Waals surface area contributed by atoms with Crippen molar-refractivity contribution >= 4 is 15.7 Å². The van der Waals surface area contributed by atoms with Crippen molar-refractivity contribution in [1.29, 1.82) is 0 Å². The van der Waals surface area contributed by atoms with Crippen molar-refractivity contribution in [3.05, 3.63) is 23.3 Å². The molecule has 134 valence electrons. The Balaban J connectivity index is 2.19. The van der Waals surface area contributed by atoms with E-state index in [9.17, 15) is 13.2 Å². The molecule has 0 radical (unpaired) electrons. The first-order chi connectivity index (χ1) is 11.3. The monoisotopic (exact) mass is 355 g/mol. The number of benzene rings is 1. The van der Waals surface area contributed by atoms with Crippen molar-refractivity contribution in [2.75, 3.05) is 32.3 Å². The number of nitrogens with zero attached hydrogens (tertiary/aromatic N) is 1. The molecule has 0 bridgehead atoms. The Morgan fingerprint density at radius 3 is 2.38 bits per heavy atom. The van der Waals surface area contributed by atoms with E-state index in [0.29, 0.717) is 24.5 Å². The number of aryl methyl sites for hydroxylation is 1. The normalized spacial score (nSPS) is 19.1. The number of carbonyl (C=O) groups is 1. The lowest BCUT2D eigenvalue weighted by Gasteiger charge is -2.27. The lowest BCUT2D eigenvalue weighted by atomic mass is 10.0. The molecular weight excluding hydrogens is 330 g/mol. The second kappa shape index (κ2) is 7.42. The zero-order valence-electron chi connectivity index (χ0n) is 14.7. The molecule has 2 rings (SSSR count). The molecule has 1 aromatic carbocycles. The number of likely N-dealkylation sites (N-methyl/N-ethyl adjacent to an activating group) is 1. The minimum atomic E-state index is -3.02. The van der Waals surface area contributed by atoms with Crippen LogP contribution in [-0.2, 0) is 21.1 Å². The fourth-order valence-corrected chi connectivity index (χ4v) is 4.87. The zero-order valence-corrected chi connectivity index (χ0v) is 15.5. The third-order valence-electron chi connectivity index (χ3n) is 4.49. The van der Waals surface area contributed by atoms with E-state index in [1.807, 2.05) is 26.0 Å². The van der Waals surface area contributed by atoms with Gasteiger partial charge in [-0.1, -0.05) is 0 Å². The van der Waals surface area contributed by atoms with E-state index in [1.54, 1.807) is 19.1 Å². The largest absolute Gasteiger partial charge is 0.493 e. The molecule has 1 unspecified atom stereocenters. The fraction of sp³-hybridized carbons (Fsp3) is 0.588. The first kappa shape index (κ1) is 18.6. The van der Waals surface area contributed by atoms with Crippen molar-refractivity contribution in [3.63, 3.8) is 0 Å². The Morgan fingerprint density at radius 1 is 1.25 bits per heavy atom. The number of amides is 1. The number of carbonyl (C=O) groups excluding carboxylic acids is 1. The summed E-state index contributed by atoms with van der Waals surface area (Å²) in [5.41, 5.74) is 1.80. The Kier molecular flexibility index (Phi) is 5.74. The van der Waals surface area contributed by atoms with E-state index >= 15 is 0 Å². The second-order valence-corrected chi connectivity index (χ2v) is 8.28. The molecule has 24 heavy (non-hydrogen) atoms. The third kappa shape index (κ3) is 4.01. The van der Waals surface area contributed by atoms with Gasteiger partial charge in [0.15, 0.2) is 21.3 Å². The van der Waals surface area contributed by atoms with Crippen LogP contribution in [0.3, 0.4) is 0 Å². The number of rotatable bonds is 6. The molecule has 1 aromatic rings. The number of hydrogen-bond donors (Lipinski definition) is 0. The Labute approximate surface area is 143 Å². The van der Waals surface area contributed by atoms with Crippen molar-refractivity contribution in [3.8, 4) is 11.5 Å². The first-order valence-electron chi connectivity index (χ1n) is 8.02. The van der Waals surface area contributed by atoms with Crippen molar-refractivity contribution < 1.29 is 22.7 Å². The van der Waals surface area contributed by atoms with Crippen LogP contribution in [0.4, 0.5) is 0 Å². The SMILES string of the molecule is CCN(C(=O)Cc1cc(OC)c(OC)cc1C)C1CCS(=O)(=O)C1. The molecule has 1 atom stereocenters. The summed E-state index contributed by atoms with van der Waals surface area (Å²) in [6.45, 7) is 4.30. The second-order valence-electron chi connectivity index (χ2n) is 6.05. The maximum atomic E-state index is 12.7. The molecule has 6 nitrogen and oxygen atoms in total. The third-order valence-corrected chi connectivity index (χ3v) is 6.24. The van der Waals surface area contributed by atoms with Crippen molar-refractivity contribution in [2.24, 2.45) is 0 Å². The average Bonchev–Trinajstić information content (AvgIpc) is 2.89. The van der Waals surface area contributed by atoms with Gasteiger partial charge in [0, 0.05) is 12.6 Å². The molecule has 0 aliphatic carbocycles. The summed E-state index contributed by atoms with van der Waals surface area (Å²) >= 11 is 0. The smallest absolute Gasteiger partial charge is 0.227 e. The van der Waals surface area contributed by atoms with Crippen LogP contribution in [0.2, 0.25) is 0 Å². The quantitative estimate of drug-likeness (QED) is 0.775. The topological polar surface area (TPSA) is 72.9 Å². The number of sulfone groups is 1. The van der Waals surface area contributed by atoms with Crippen LogP contribution in [-0.4, -0.2) is 57.5 Å². The van der Waals surface area contributed by atoms with Crippen LogP contribution in [0.5, 0.6) is 11.5 Å². The molecule has 1 saturated heterocycles. The number of ether oxygens (including phenoxy) is 2. The molecule has 0 saturated carbocycles. The van der Waals surface area contributed by atoms with E-state index in [2.05, 4.69) is 0 Å². The van der Waals surface area contributed by atoms with Gasteiger partial charge in [0.2, 0.25) is 5.91 Å². The van der Waals surface area contributed by atoms with Crippen LogP contribution in [0.15, 0.2) is 12.1 Å². The van der Waals surface area contributed by atoms with Gasteiger partial charge in [-0.3, -0.25) is 4.79 Å². The summed E-state index contributed by atoms with van der Waals surface area (Å²) < 4.78 is 33.9. The highest BCUT2D eigenvalue weighted by Crippen LogP contribution is 2.31. The van der Waals surface area contributed by atoms with Crippen LogP contribution in [0.25, 0.3) is 0 Å². The van der Waals surface area contributed by atoms with E-state index < -0.39 is 9.84 Å². The summed E-state index contributed by atoms with van der Waals surface area (Å²) in [7, 11) is 0.112. The summed E-state index contributed by atoms with van der Waals surface area (Å²) in [6.07, 6.45) is 0.739. The van der Waals surface area contributed by atoms with E-state index in [4.69, 9.17) is 9.47 Å². The molecule has 1 amide bonds. The van der Waals surface area contributed by atoms with Gasteiger partial charge in [0.1, 0.15) is 0 Å². The minimum Gasteiger partial charge on any atom is -0.493 e. The van der Waals surface area contributed by atoms with Gasteiger partial charge in [-0.15, -0.1) is 0 Å². The van der Waals surface area contributed by atoms with Crippen LogP contribution < -0.4 is 9.47 Å². The highest BCUT2D eigenvalue weighted by Gasteiger charge is 2.33. The van der Waals surface area contributed by atoms with Gasteiger partial charge in [0.25, 0.3) is 0 Å². The highest BCUT2D eigenvalue weighted by atomic mass is 32.2. The summed E-state index contributed by atoms with van der Waals surface area (Å²) in [5, 5.41) is 0.